The predicted octanol–water partition coefficient (Wildman–Crippen LogP) is 5.13. The number of amides is 1. The van der Waals surface area contributed by atoms with Gasteiger partial charge in [0.15, 0.2) is 0 Å². The van der Waals surface area contributed by atoms with Crippen molar-refractivity contribution < 1.29 is 13.7 Å². The molecule has 0 fully saturated rings. The summed E-state index contributed by atoms with van der Waals surface area (Å²) >= 11 is 1.71. The lowest BCUT2D eigenvalue weighted by atomic mass is 10.2. The molecule has 0 spiro atoms. The van der Waals surface area contributed by atoms with E-state index in [0.717, 1.165) is 21.9 Å². The summed E-state index contributed by atoms with van der Waals surface area (Å²) in [5.74, 6) is 1.09. The van der Waals surface area contributed by atoms with Gasteiger partial charge in [0, 0.05) is 47.1 Å². The van der Waals surface area contributed by atoms with E-state index >= 15 is 0 Å². The van der Waals surface area contributed by atoms with Gasteiger partial charge in [-0.05, 0) is 60.2 Å². The number of aryl methyl sites for hydroxylation is 1. The van der Waals surface area contributed by atoms with E-state index in [1.165, 1.54) is 12.1 Å². The van der Waals surface area contributed by atoms with Gasteiger partial charge in [-0.25, -0.2) is 4.39 Å². The molecule has 0 aliphatic rings. The van der Waals surface area contributed by atoms with Crippen LogP contribution in [0.2, 0.25) is 0 Å². The third-order valence-electron chi connectivity index (χ3n) is 4.40. The molecule has 0 radical (unpaired) electrons. The second-order valence-corrected chi connectivity index (χ2v) is 7.79. The molecule has 1 N–H and O–H groups in total. The summed E-state index contributed by atoms with van der Waals surface area (Å²) in [5.41, 5.74) is 2.55. The molecule has 2 aromatic heterocycles. The molecule has 4 aromatic rings. The summed E-state index contributed by atoms with van der Waals surface area (Å²) in [6.45, 7) is 0. The fourth-order valence-electron chi connectivity index (χ4n) is 2.80. The van der Waals surface area contributed by atoms with Gasteiger partial charge in [0.25, 0.3) is 0 Å². The molecular weight excluding hydrogens is 415 g/mol. The molecule has 0 saturated heterocycles. The number of hydrogen-bond acceptors (Lipinski definition) is 6. The fraction of sp³-hybridized carbons (Fsp3) is 0.130. The lowest BCUT2D eigenvalue weighted by Crippen LogP contribution is -2.12. The minimum atomic E-state index is -0.329. The molecule has 0 bridgehead atoms. The maximum atomic E-state index is 13.0. The average Bonchev–Trinajstić information content (AvgIpc) is 3.28. The molecule has 0 unspecified atom stereocenters. The first-order valence-electron chi connectivity index (χ1n) is 9.66. The van der Waals surface area contributed by atoms with Crippen LogP contribution in [0.1, 0.15) is 17.9 Å². The Morgan fingerprint density at radius 3 is 2.61 bits per heavy atom. The predicted molar refractivity (Wildman–Crippen MR) is 117 cm³/mol. The Labute approximate surface area is 182 Å². The van der Waals surface area contributed by atoms with E-state index in [9.17, 15) is 9.18 Å². The molecule has 2 heterocycles. The summed E-state index contributed by atoms with van der Waals surface area (Å²) in [7, 11) is 0. The zero-order valence-electron chi connectivity index (χ0n) is 16.5. The zero-order valence-corrected chi connectivity index (χ0v) is 17.3. The third kappa shape index (κ3) is 5.99. The Hall–Kier alpha value is -3.52. The number of pyridine rings is 1. The lowest BCUT2D eigenvalue weighted by molar-refractivity contribution is -0.116. The number of anilines is 1. The van der Waals surface area contributed by atoms with E-state index in [1.807, 2.05) is 42.6 Å². The topological polar surface area (TPSA) is 80.9 Å². The van der Waals surface area contributed by atoms with Crippen molar-refractivity contribution in [3.05, 3.63) is 90.3 Å². The molecule has 2 aromatic carbocycles. The minimum absolute atomic E-state index is 0.141. The van der Waals surface area contributed by atoms with Crippen LogP contribution < -0.4 is 5.32 Å². The maximum absolute atomic E-state index is 13.0. The van der Waals surface area contributed by atoms with Gasteiger partial charge >= 0.3 is 0 Å². The van der Waals surface area contributed by atoms with Crippen molar-refractivity contribution in [2.24, 2.45) is 0 Å². The number of rotatable bonds is 8. The number of thioether (sulfide) groups is 1. The first-order chi connectivity index (χ1) is 15.2. The molecule has 0 aliphatic carbocycles. The molecule has 0 atom stereocenters. The standard InChI is InChI=1S/C23H19FN4O2S/c24-18-5-3-17(4-6-18)23-27-22(30-28-23)12-11-21(29)26-19-7-9-20(10-8-19)31-15-16-2-1-13-25-14-16/h1-10,13-14H,11-12,15H2,(H,26,29). The molecule has 31 heavy (non-hydrogen) atoms. The number of nitrogens with zero attached hydrogens (tertiary/aromatic N) is 3. The number of carbonyl (C=O) groups excluding carboxylic acids is 1. The van der Waals surface area contributed by atoms with Gasteiger partial charge < -0.3 is 9.84 Å². The first-order valence-corrected chi connectivity index (χ1v) is 10.6. The molecule has 6 nitrogen and oxygen atoms in total. The van der Waals surface area contributed by atoms with Crippen molar-refractivity contribution >= 4 is 23.4 Å². The van der Waals surface area contributed by atoms with Crippen LogP contribution in [0.25, 0.3) is 11.4 Å². The number of nitrogens with one attached hydrogen (secondary N) is 1. The molecular formula is C23H19FN4O2S. The van der Waals surface area contributed by atoms with Crippen LogP contribution in [0.3, 0.4) is 0 Å². The Bertz CT molecular complexity index is 1130. The van der Waals surface area contributed by atoms with Crippen LogP contribution in [-0.2, 0) is 17.0 Å². The molecule has 0 saturated carbocycles. The number of aromatic nitrogens is 3. The van der Waals surface area contributed by atoms with Gasteiger partial charge in [-0.2, -0.15) is 4.98 Å². The van der Waals surface area contributed by atoms with E-state index in [2.05, 4.69) is 20.4 Å². The summed E-state index contributed by atoms with van der Waals surface area (Å²) in [5, 5.41) is 6.75. The smallest absolute Gasteiger partial charge is 0.227 e. The minimum Gasteiger partial charge on any atom is -0.339 e. The summed E-state index contributed by atoms with van der Waals surface area (Å²) < 4.78 is 18.2. The van der Waals surface area contributed by atoms with Gasteiger partial charge in [0.05, 0.1) is 0 Å². The molecule has 8 heteroatoms. The van der Waals surface area contributed by atoms with Crippen molar-refractivity contribution in [3.8, 4) is 11.4 Å². The van der Waals surface area contributed by atoms with E-state index in [1.54, 1.807) is 30.1 Å². The number of halogens is 1. The van der Waals surface area contributed by atoms with E-state index in [-0.39, 0.29) is 18.1 Å². The van der Waals surface area contributed by atoms with Crippen molar-refractivity contribution in [3.63, 3.8) is 0 Å². The van der Waals surface area contributed by atoms with Crippen LogP contribution in [0.15, 0.2) is 82.5 Å². The lowest BCUT2D eigenvalue weighted by Gasteiger charge is -2.06. The van der Waals surface area contributed by atoms with Gasteiger partial charge in [0.1, 0.15) is 5.82 Å². The molecule has 4 rings (SSSR count). The monoisotopic (exact) mass is 434 g/mol. The first kappa shape index (κ1) is 20.7. The second kappa shape index (κ2) is 9.99. The van der Waals surface area contributed by atoms with Crippen molar-refractivity contribution in [2.45, 2.75) is 23.5 Å². The van der Waals surface area contributed by atoms with Crippen molar-refractivity contribution in [1.29, 1.82) is 0 Å². The van der Waals surface area contributed by atoms with Crippen LogP contribution in [-0.4, -0.2) is 21.0 Å². The fourth-order valence-corrected chi connectivity index (χ4v) is 3.63. The van der Waals surface area contributed by atoms with Crippen molar-refractivity contribution in [1.82, 2.24) is 15.1 Å². The zero-order chi connectivity index (χ0) is 21.5. The molecule has 1 amide bonds. The van der Waals surface area contributed by atoms with Gasteiger partial charge in [-0.1, -0.05) is 11.2 Å². The van der Waals surface area contributed by atoms with Crippen LogP contribution >= 0.6 is 11.8 Å². The molecule has 156 valence electrons. The average molecular weight is 434 g/mol. The maximum Gasteiger partial charge on any atom is 0.227 e. The normalized spacial score (nSPS) is 10.7. The highest BCUT2D eigenvalue weighted by Gasteiger charge is 2.11. The van der Waals surface area contributed by atoms with Crippen LogP contribution in [0.5, 0.6) is 0 Å². The second-order valence-electron chi connectivity index (χ2n) is 6.74. The van der Waals surface area contributed by atoms with E-state index in [0.29, 0.717) is 23.7 Å². The van der Waals surface area contributed by atoms with Crippen LogP contribution in [0.4, 0.5) is 10.1 Å². The van der Waals surface area contributed by atoms with Gasteiger partial charge in [-0.3, -0.25) is 9.78 Å². The third-order valence-corrected chi connectivity index (χ3v) is 5.49. The highest BCUT2D eigenvalue weighted by molar-refractivity contribution is 7.98. The number of benzene rings is 2. The number of hydrogen-bond donors (Lipinski definition) is 1. The van der Waals surface area contributed by atoms with Gasteiger partial charge in [0.2, 0.25) is 17.6 Å². The van der Waals surface area contributed by atoms with Crippen molar-refractivity contribution in [2.75, 3.05) is 5.32 Å². The highest BCUT2D eigenvalue weighted by atomic mass is 32.2. The summed E-state index contributed by atoms with van der Waals surface area (Å²) in [4.78, 5) is 21.7. The summed E-state index contributed by atoms with van der Waals surface area (Å²) in [6, 6.07) is 17.5. The Morgan fingerprint density at radius 2 is 1.87 bits per heavy atom. The largest absolute Gasteiger partial charge is 0.339 e. The number of carbonyl (C=O) groups is 1. The van der Waals surface area contributed by atoms with Gasteiger partial charge in [-0.15, -0.1) is 11.8 Å². The Morgan fingerprint density at radius 1 is 1.06 bits per heavy atom. The SMILES string of the molecule is O=C(CCc1nc(-c2ccc(F)cc2)no1)Nc1ccc(SCc2cccnc2)cc1. The molecule has 0 aliphatic heterocycles. The summed E-state index contributed by atoms with van der Waals surface area (Å²) in [6.07, 6.45) is 4.14. The quantitative estimate of drug-likeness (QED) is 0.387. The Balaban J connectivity index is 1.25. The Kier molecular flexibility index (Phi) is 6.68. The van der Waals surface area contributed by atoms with E-state index in [4.69, 9.17) is 4.52 Å². The van der Waals surface area contributed by atoms with E-state index < -0.39 is 0 Å². The van der Waals surface area contributed by atoms with Crippen LogP contribution in [0, 0.1) is 5.82 Å². The highest BCUT2D eigenvalue weighted by Crippen LogP contribution is 2.24.